The van der Waals surface area contributed by atoms with Crippen LogP contribution < -0.4 is 4.74 Å². The van der Waals surface area contributed by atoms with E-state index in [1.807, 2.05) is 11.0 Å². The fourth-order valence-electron chi connectivity index (χ4n) is 3.26. The zero-order chi connectivity index (χ0) is 21.9. The maximum atomic E-state index is 14.0. The second-order valence-electron chi connectivity index (χ2n) is 6.69. The number of sulfonamides is 1. The first-order valence-corrected chi connectivity index (χ1v) is 10.4. The number of nitro benzene ring substituents is 1. The Labute approximate surface area is 173 Å². The van der Waals surface area contributed by atoms with Crippen molar-refractivity contribution in [3.63, 3.8) is 0 Å². The highest BCUT2D eigenvalue weighted by Crippen LogP contribution is 2.31. The van der Waals surface area contributed by atoms with Crippen LogP contribution in [0, 0.1) is 27.3 Å². The number of nitrogens with zero attached hydrogens (tertiary/aromatic N) is 4. The number of ether oxygens (including phenoxy) is 1. The molecule has 0 aromatic heterocycles. The molecule has 158 valence electrons. The summed E-state index contributed by atoms with van der Waals surface area (Å²) >= 11 is 0. The number of benzene rings is 2. The Hall–Kier alpha value is -3.07. The first-order valence-electron chi connectivity index (χ1n) is 8.99. The quantitative estimate of drug-likeness (QED) is 0.505. The third-order valence-electron chi connectivity index (χ3n) is 4.88. The Morgan fingerprint density at radius 3 is 2.50 bits per heavy atom. The smallest absolute Gasteiger partial charge is 0.312 e. The van der Waals surface area contributed by atoms with Gasteiger partial charge in [-0.05, 0) is 30.3 Å². The van der Waals surface area contributed by atoms with Gasteiger partial charge >= 0.3 is 5.69 Å². The summed E-state index contributed by atoms with van der Waals surface area (Å²) in [6.45, 7) is 1.27. The van der Waals surface area contributed by atoms with Gasteiger partial charge in [0.2, 0.25) is 10.0 Å². The van der Waals surface area contributed by atoms with Crippen LogP contribution in [0.5, 0.6) is 5.75 Å². The van der Waals surface area contributed by atoms with E-state index < -0.39 is 26.5 Å². The van der Waals surface area contributed by atoms with Crippen LogP contribution in [-0.2, 0) is 16.6 Å². The van der Waals surface area contributed by atoms with Crippen molar-refractivity contribution in [1.29, 1.82) is 5.26 Å². The topological polar surface area (TPSA) is 117 Å². The number of hydrogen-bond acceptors (Lipinski definition) is 7. The van der Waals surface area contributed by atoms with E-state index in [1.165, 1.54) is 41.7 Å². The van der Waals surface area contributed by atoms with E-state index >= 15 is 0 Å². The second-order valence-corrected chi connectivity index (χ2v) is 8.63. The van der Waals surface area contributed by atoms with Crippen LogP contribution in [0.15, 0.2) is 41.3 Å². The minimum absolute atomic E-state index is 0.0228. The number of rotatable bonds is 6. The Morgan fingerprint density at radius 1 is 1.20 bits per heavy atom. The third kappa shape index (κ3) is 4.40. The minimum Gasteiger partial charge on any atom is -0.490 e. The van der Waals surface area contributed by atoms with Gasteiger partial charge < -0.3 is 4.74 Å². The molecule has 0 aliphatic carbocycles. The predicted molar refractivity (Wildman–Crippen MR) is 105 cm³/mol. The first kappa shape index (κ1) is 21.6. The van der Waals surface area contributed by atoms with Crippen LogP contribution in [0.2, 0.25) is 0 Å². The molecule has 2 aromatic carbocycles. The lowest BCUT2D eigenvalue weighted by molar-refractivity contribution is -0.386. The summed E-state index contributed by atoms with van der Waals surface area (Å²) in [5, 5.41) is 20.2. The Balaban J connectivity index is 1.72. The van der Waals surface area contributed by atoms with Crippen molar-refractivity contribution < 1.29 is 22.5 Å². The average Bonchev–Trinajstić information content (AvgIpc) is 2.75. The van der Waals surface area contributed by atoms with Crippen LogP contribution in [0.4, 0.5) is 10.1 Å². The molecule has 2 aromatic rings. The zero-order valence-electron chi connectivity index (χ0n) is 16.1. The zero-order valence-corrected chi connectivity index (χ0v) is 16.9. The predicted octanol–water partition coefficient (Wildman–Crippen LogP) is 2.12. The van der Waals surface area contributed by atoms with Gasteiger partial charge in [0, 0.05) is 44.4 Å². The molecule has 1 aliphatic heterocycles. The van der Waals surface area contributed by atoms with E-state index in [1.54, 1.807) is 0 Å². The van der Waals surface area contributed by atoms with Gasteiger partial charge in [-0.2, -0.15) is 9.57 Å². The van der Waals surface area contributed by atoms with Crippen molar-refractivity contribution in [3.05, 3.63) is 63.5 Å². The fraction of sp³-hybridized carbons (Fsp3) is 0.316. The lowest BCUT2D eigenvalue weighted by Crippen LogP contribution is -2.48. The van der Waals surface area contributed by atoms with Gasteiger partial charge in [0.25, 0.3) is 0 Å². The van der Waals surface area contributed by atoms with Crippen molar-refractivity contribution in [2.45, 2.75) is 11.4 Å². The molecule has 1 saturated heterocycles. The van der Waals surface area contributed by atoms with Gasteiger partial charge in [0.1, 0.15) is 5.82 Å². The first-order chi connectivity index (χ1) is 14.3. The van der Waals surface area contributed by atoms with Crippen LogP contribution in [0.25, 0.3) is 0 Å². The molecule has 0 radical (unpaired) electrons. The molecular weight excluding hydrogens is 415 g/mol. The van der Waals surface area contributed by atoms with E-state index in [2.05, 4.69) is 0 Å². The molecule has 0 N–H and O–H groups in total. The molecule has 0 atom stereocenters. The largest absolute Gasteiger partial charge is 0.490 e. The van der Waals surface area contributed by atoms with Gasteiger partial charge in [-0.25, -0.2) is 12.8 Å². The normalized spacial score (nSPS) is 15.5. The highest BCUT2D eigenvalue weighted by Gasteiger charge is 2.30. The molecule has 0 bridgehead atoms. The molecule has 3 rings (SSSR count). The van der Waals surface area contributed by atoms with Gasteiger partial charge in [0.15, 0.2) is 5.75 Å². The van der Waals surface area contributed by atoms with E-state index in [-0.39, 0.29) is 30.3 Å². The summed E-state index contributed by atoms with van der Waals surface area (Å²) in [4.78, 5) is 12.2. The Morgan fingerprint density at radius 2 is 1.90 bits per heavy atom. The molecule has 1 aliphatic rings. The summed E-state index contributed by atoms with van der Waals surface area (Å²) in [7, 11) is -2.66. The summed E-state index contributed by atoms with van der Waals surface area (Å²) in [5.74, 6) is -0.444. The summed E-state index contributed by atoms with van der Waals surface area (Å²) in [6.07, 6.45) is 0. The van der Waals surface area contributed by atoms with E-state index in [4.69, 9.17) is 10.00 Å². The lowest BCUT2D eigenvalue weighted by atomic mass is 10.1. The number of halogens is 1. The number of methoxy groups -OCH3 is 1. The van der Waals surface area contributed by atoms with E-state index in [0.717, 1.165) is 6.07 Å². The van der Waals surface area contributed by atoms with Crippen molar-refractivity contribution in [2.75, 3.05) is 33.3 Å². The SMILES string of the molecule is COc1ccc(S(=O)(=O)N2CCN(Cc3cc(C#N)ccc3F)CC2)cc1[N+](=O)[O-]. The second kappa shape index (κ2) is 8.74. The molecule has 1 heterocycles. The van der Waals surface area contributed by atoms with Crippen molar-refractivity contribution in [2.24, 2.45) is 0 Å². The van der Waals surface area contributed by atoms with Gasteiger partial charge in [-0.3, -0.25) is 15.0 Å². The average molecular weight is 434 g/mol. The number of nitriles is 1. The van der Waals surface area contributed by atoms with Gasteiger partial charge in [0.05, 0.1) is 28.6 Å². The van der Waals surface area contributed by atoms with Gasteiger partial charge in [-0.1, -0.05) is 0 Å². The van der Waals surface area contributed by atoms with Crippen LogP contribution in [0.1, 0.15) is 11.1 Å². The molecule has 0 amide bonds. The van der Waals surface area contributed by atoms with Crippen LogP contribution in [0.3, 0.4) is 0 Å². The summed E-state index contributed by atoms with van der Waals surface area (Å²) in [5.41, 5.74) is 0.301. The monoisotopic (exact) mass is 434 g/mol. The highest BCUT2D eigenvalue weighted by atomic mass is 32.2. The lowest BCUT2D eigenvalue weighted by Gasteiger charge is -2.34. The standard InChI is InChI=1S/C19H19FN4O5S/c1-29-19-5-3-16(11-18(19)24(25)26)30(27,28)23-8-6-22(7-9-23)13-15-10-14(12-21)2-4-17(15)20/h2-5,10-11H,6-9,13H2,1H3. The Kier molecular flexibility index (Phi) is 6.31. The molecule has 0 saturated carbocycles. The van der Waals surface area contributed by atoms with Crippen molar-refractivity contribution >= 4 is 15.7 Å². The molecular formula is C19H19FN4O5S. The molecule has 30 heavy (non-hydrogen) atoms. The Bertz CT molecular complexity index is 1110. The molecule has 0 unspecified atom stereocenters. The van der Waals surface area contributed by atoms with Crippen LogP contribution in [-0.4, -0.2) is 55.8 Å². The maximum Gasteiger partial charge on any atom is 0.312 e. The number of hydrogen-bond donors (Lipinski definition) is 0. The highest BCUT2D eigenvalue weighted by molar-refractivity contribution is 7.89. The maximum absolute atomic E-state index is 14.0. The molecule has 9 nitrogen and oxygen atoms in total. The van der Waals surface area contributed by atoms with Crippen molar-refractivity contribution in [1.82, 2.24) is 9.21 Å². The van der Waals surface area contributed by atoms with E-state index in [0.29, 0.717) is 24.2 Å². The number of nitro groups is 1. The summed E-state index contributed by atoms with van der Waals surface area (Å²) < 4.78 is 46.0. The summed E-state index contributed by atoms with van der Waals surface area (Å²) in [6, 6.07) is 9.61. The fourth-order valence-corrected chi connectivity index (χ4v) is 4.70. The molecule has 1 fully saturated rings. The van der Waals surface area contributed by atoms with Crippen molar-refractivity contribution in [3.8, 4) is 11.8 Å². The third-order valence-corrected chi connectivity index (χ3v) is 6.78. The molecule has 0 spiro atoms. The van der Waals surface area contributed by atoms with Gasteiger partial charge in [-0.15, -0.1) is 0 Å². The number of piperazine rings is 1. The minimum atomic E-state index is -3.93. The van der Waals surface area contributed by atoms with Crippen LogP contribution >= 0.6 is 0 Å². The molecule has 11 heteroatoms. The van der Waals surface area contributed by atoms with E-state index in [9.17, 15) is 22.9 Å².